The van der Waals surface area contributed by atoms with Crippen LogP contribution in [0.15, 0.2) is 134 Å². The van der Waals surface area contributed by atoms with Gasteiger partial charge in [-0.25, -0.2) is 0 Å². The average Bonchev–Trinajstić information content (AvgIpc) is 3.40. The first kappa shape index (κ1) is 69.5. The lowest BCUT2D eigenvalue weighted by Gasteiger charge is -2.18. The second-order valence-electron chi connectivity index (χ2n) is 19.5. The van der Waals surface area contributed by atoms with Crippen molar-refractivity contribution in [3.8, 4) is 0 Å². The van der Waals surface area contributed by atoms with Crippen molar-refractivity contribution in [1.82, 2.24) is 0 Å². The van der Waals surface area contributed by atoms with Crippen molar-refractivity contribution in [1.29, 1.82) is 0 Å². The van der Waals surface area contributed by atoms with Gasteiger partial charge in [-0.3, -0.25) is 14.4 Å². The maximum absolute atomic E-state index is 12.8. The molecule has 0 spiro atoms. The predicted molar refractivity (Wildman–Crippen MR) is 320 cm³/mol. The average molecular weight is 1020 g/mol. The Morgan fingerprint density at radius 3 is 0.838 bits per heavy atom. The minimum Gasteiger partial charge on any atom is -0.462 e. The van der Waals surface area contributed by atoms with Crippen molar-refractivity contribution in [2.45, 2.75) is 264 Å². The SMILES string of the molecule is CC/C=C\C/C=C\C/C=C\C/C=C\C/C=C\C/C=C\C/C=C\CCCCCCCCCCCC(=O)OCC(COC(=O)CCCCCCC/C=C\CCC)OC(=O)CCCCCCC/C=C\C/C=C\C/C=C\CC. The van der Waals surface area contributed by atoms with E-state index in [9.17, 15) is 14.4 Å². The van der Waals surface area contributed by atoms with Crippen LogP contribution in [-0.2, 0) is 28.6 Å². The smallest absolute Gasteiger partial charge is 0.306 e. The summed E-state index contributed by atoms with van der Waals surface area (Å²) in [7, 11) is 0. The summed E-state index contributed by atoms with van der Waals surface area (Å²) in [6.07, 6.45) is 86.0. The van der Waals surface area contributed by atoms with Gasteiger partial charge in [-0.1, -0.05) is 244 Å². The maximum Gasteiger partial charge on any atom is 0.306 e. The highest BCUT2D eigenvalue weighted by Gasteiger charge is 2.19. The van der Waals surface area contributed by atoms with E-state index in [4.69, 9.17) is 14.2 Å². The lowest BCUT2D eigenvalue weighted by Crippen LogP contribution is -2.30. The van der Waals surface area contributed by atoms with Crippen molar-refractivity contribution >= 4 is 17.9 Å². The van der Waals surface area contributed by atoms with Gasteiger partial charge in [-0.15, -0.1) is 0 Å². The van der Waals surface area contributed by atoms with Gasteiger partial charge < -0.3 is 14.2 Å². The summed E-state index contributed by atoms with van der Waals surface area (Å²) in [6.45, 7) is 6.32. The van der Waals surface area contributed by atoms with Crippen LogP contribution in [0.25, 0.3) is 0 Å². The van der Waals surface area contributed by atoms with Crippen LogP contribution in [0, 0.1) is 0 Å². The summed E-state index contributed by atoms with van der Waals surface area (Å²) in [6, 6.07) is 0. The first-order chi connectivity index (χ1) is 36.5. The van der Waals surface area contributed by atoms with Gasteiger partial charge in [0.25, 0.3) is 0 Å². The Labute approximate surface area is 455 Å². The zero-order valence-corrected chi connectivity index (χ0v) is 47.8. The zero-order chi connectivity index (χ0) is 53.6. The summed E-state index contributed by atoms with van der Waals surface area (Å²) in [5.41, 5.74) is 0. The van der Waals surface area contributed by atoms with E-state index < -0.39 is 6.10 Å². The van der Waals surface area contributed by atoms with Gasteiger partial charge in [0.2, 0.25) is 0 Å². The van der Waals surface area contributed by atoms with Crippen LogP contribution in [0.1, 0.15) is 258 Å². The second kappa shape index (κ2) is 61.1. The Bertz CT molecular complexity index is 1600. The molecule has 0 aromatic rings. The topological polar surface area (TPSA) is 78.9 Å². The third-order valence-corrected chi connectivity index (χ3v) is 12.4. The molecule has 0 saturated carbocycles. The number of hydrogen-bond acceptors (Lipinski definition) is 6. The van der Waals surface area contributed by atoms with E-state index in [1.54, 1.807) is 0 Å². The van der Waals surface area contributed by atoms with Crippen molar-refractivity contribution in [2.75, 3.05) is 13.2 Å². The summed E-state index contributed by atoms with van der Waals surface area (Å²) >= 11 is 0. The molecule has 6 heteroatoms. The third kappa shape index (κ3) is 58.4. The largest absolute Gasteiger partial charge is 0.462 e. The highest BCUT2D eigenvalue weighted by Crippen LogP contribution is 2.14. The lowest BCUT2D eigenvalue weighted by molar-refractivity contribution is -0.167. The molecule has 0 bridgehead atoms. The molecule has 418 valence electrons. The van der Waals surface area contributed by atoms with E-state index in [2.05, 4.69) is 154 Å². The lowest BCUT2D eigenvalue weighted by atomic mass is 10.1. The zero-order valence-electron chi connectivity index (χ0n) is 47.8. The first-order valence-electron chi connectivity index (χ1n) is 30.2. The molecule has 1 atom stereocenters. The summed E-state index contributed by atoms with van der Waals surface area (Å²) < 4.78 is 16.8. The molecule has 0 aliphatic carbocycles. The van der Waals surface area contributed by atoms with Crippen LogP contribution >= 0.6 is 0 Å². The second-order valence-corrected chi connectivity index (χ2v) is 19.5. The Balaban J connectivity index is 4.24. The number of rotatable bonds is 53. The number of carbonyl (C=O) groups excluding carboxylic acids is 3. The number of hydrogen-bond donors (Lipinski definition) is 0. The number of ether oxygens (including phenoxy) is 3. The molecule has 0 heterocycles. The van der Waals surface area contributed by atoms with Gasteiger partial charge >= 0.3 is 17.9 Å². The fourth-order valence-corrected chi connectivity index (χ4v) is 7.91. The Kier molecular flexibility index (Phi) is 57.4. The molecule has 0 fully saturated rings. The van der Waals surface area contributed by atoms with Crippen LogP contribution in [-0.4, -0.2) is 37.2 Å². The molecular weight excluding hydrogens is 913 g/mol. The van der Waals surface area contributed by atoms with E-state index in [0.717, 1.165) is 167 Å². The van der Waals surface area contributed by atoms with Gasteiger partial charge in [0.15, 0.2) is 6.10 Å². The number of allylic oxidation sites excluding steroid dienone is 22. The van der Waals surface area contributed by atoms with Gasteiger partial charge in [-0.05, 0) is 128 Å². The molecule has 0 saturated heterocycles. The van der Waals surface area contributed by atoms with Gasteiger partial charge in [-0.2, -0.15) is 0 Å². The highest BCUT2D eigenvalue weighted by atomic mass is 16.6. The van der Waals surface area contributed by atoms with Crippen molar-refractivity contribution in [2.24, 2.45) is 0 Å². The van der Waals surface area contributed by atoms with E-state index >= 15 is 0 Å². The summed E-state index contributed by atoms with van der Waals surface area (Å²) in [4.78, 5) is 38.1. The number of esters is 3. The van der Waals surface area contributed by atoms with Gasteiger partial charge in [0.05, 0.1) is 0 Å². The maximum atomic E-state index is 12.8. The van der Waals surface area contributed by atoms with Crippen LogP contribution in [0.3, 0.4) is 0 Å². The summed E-state index contributed by atoms with van der Waals surface area (Å²) in [5.74, 6) is -0.931. The molecular formula is C68H110O6. The van der Waals surface area contributed by atoms with Crippen LogP contribution in [0.4, 0.5) is 0 Å². The Morgan fingerprint density at radius 2 is 0.527 bits per heavy atom. The normalized spacial score (nSPS) is 13.1. The minimum atomic E-state index is -0.796. The van der Waals surface area contributed by atoms with E-state index in [1.807, 2.05) is 0 Å². The fraction of sp³-hybridized carbons (Fsp3) is 0.632. The van der Waals surface area contributed by atoms with Gasteiger partial charge in [0.1, 0.15) is 13.2 Å². The van der Waals surface area contributed by atoms with Crippen LogP contribution in [0.5, 0.6) is 0 Å². The fourth-order valence-electron chi connectivity index (χ4n) is 7.91. The molecule has 0 aromatic carbocycles. The molecule has 1 unspecified atom stereocenters. The van der Waals surface area contributed by atoms with E-state index in [-0.39, 0.29) is 31.1 Å². The molecule has 6 nitrogen and oxygen atoms in total. The highest BCUT2D eigenvalue weighted by molar-refractivity contribution is 5.71. The molecule has 0 radical (unpaired) electrons. The molecule has 0 amide bonds. The molecule has 0 aliphatic heterocycles. The van der Waals surface area contributed by atoms with Crippen molar-refractivity contribution in [3.63, 3.8) is 0 Å². The first-order valence-corrected chi connectivity index (χ1v) is 30.2. The van der Waals surface area contributed by atoms with Crippen LogP contribution < -0.4 is 0 Å². The quantitative estimate of drug-likeness (QED) is 0.0261. The van der Waals surface area contributed by atoms with E-state index in [1.165, 1.54) is 51.4 Å². The van der Waals surface area contributed by atoms with Crippen LogP contribution in [0.2, 0.25) is 0 Å². The Hall–Kier alpha value is -4.45. The number of unbranched alkanes of at least 4 members (excludes halogenated alkanes) is 20. The molecule has 0 N–H and O–H groups in total. The van der Waals surface area contributed by atoms with Crippen molar-refractivity contribution < 1.29 is 28.6 Å². The molecule has 0 rings (SSSR count). The predicted octanol–water partition coefficient (Wildman–Crippen LogP) is 20.6. The number of carbonyl (C=O) groups is 3. The monoisotopic (exact) mass is 1020 g/mol. The standard InChI is InChI=1S/C68H110O6/c1-4-7-10-13-16-19-22-24-26-27-28-29-30-31-32-33-34-35-36-37-38-39-40-41-43-44-46-49-52-55-58-61-67(70)73-64-65(63-72-66(69)60-57-54-51-48-21-18-15-12-9-6-3)74-68(71)62-59-56-53-50-47-45-42-25-23-20-17-14-11-8-5-2/h7-8,10-12,15-17,19-20,24-26,28-29,31-32,34-35,37-38,42,65H,4-6,9,13-14,18,21-23,27,30,33,36,39-41,43-64H2,1-3H3/b10-7-,11-8-,15-12-,19-16-,20-17-,26-24-,29-28-,32-31-,35-34-,38-37-,42-25-. The van der Waals surface area contributed by atoms with E-state index in [0.29, 0.717) is 19.3 Å². The van der Waals surface area contributed by atoms with Gasteiger partial charge in [0, 0.05) is 19.3 Å². The molecule has 0 aliphatic rings. The molecule has 74 heavy (non-hydrogen) atoms. The molecule has 0 aromatic heterocycles. The summed E-state index contributed by atoms with van der Waals surface area (Å²) in [5, 5.41) is 0. The van der Waals surface area contributed by atoms with Crippen molar-refractivity contribution in [3.05, 3.63) is 134 Å². The third-order valence-electron chi connectivity index (χ3n) is 12.4. The minimum absolute atomic E-state index is 0.0942. The Morgan fingerprint density at radius 1 is 0.284 bits per heavy atom.